The van der Waals surface area contributed by atoms with Gasteiger partial charge in [0.05, 0.1) is 19.1 Å². The molecule has 0 atom stereocenters. The summed E-state index contributed by atoms with van der Waals surface area (Å²) in [4.78, 5) is 13.9. The van der Waals surface area contributed by atoms with Crippen molar-refractivity contribution in [3.05, 3.63) is 42.0 Å². The van der Waals surface area contributed by atoms with Crippen LogP contribution in [0.5, 0.6) is 5.75 Å². The Morgan fingerprint density at radius 1 is 1.00 bits per heavy atom. The Labute approximate surface area is 194 Å². The Morgan fingerprint density at radius 3 is 2.34 bits per heavy atom. The fraction of sp³-hybridized carbons (Fsp3) is 0.607. The molecule has 0 aliphatic heterocycles. The highest BCUT2D eigenvalue weighted by Crippen LogP contribution is 2.39. The second-order valence-corrected chi connectivity index (χ2v) is 10.2. The van der Waals surface area contributed by atoms with Crippen LogP contribution in [0.2, 0.25) is 0 Å². The molecular formula is C28H41NO3. The molecule has 32 heavy (non-hydrogen) atoms. The Balaban J connectivity index is 1.57. The molecule has 4 heteroatoms. The van der Waals surface area contributed by atoms with E-state index in [-0.39, 0.29) is 5.97 Å². The van der Waals surface area contributed by atoms with Crippen LogP contribution in [-0.4, -0.2) is 36.7 Å². The van der Waals surface area contributed by atoms with Crippen molar-refractivity contribution in [2.24, 2.45) is 11.3 Å². The first-order valence-electron chi connectivity index (χ1n) is 12.4. The van der Waals surface area contributed by atoms with Gasteiger partial charge in [0.2, 0.25) is 0 Å². The van der Waals surface area contributed by atoms with E-state index in [9.17, 15) is 4.79 Å². The molecule has 1 fully saturated rings. The Bertz CT molecular complexity index is 878. The van der Waals surface area contributed by atoms with E-state index < -0.39 is 0 Å². The monoisotopic (exact) mass is 439 g/mol. The van der Waals surface area contributed by atoms with Crippen LogP contribution < -0.4 is 4.74 Å². The van der Waals surface area contributed by atoms with Crippen molar-refractivity contribution in [3.8, 4) is 5.75 Å². The highest BCUT2D eigenvalue weighted by atomic mass is 16.5. The normalized spacial score (nSPS) is 19.3. The summed E-state index contributed by atoms with van der Waals surface area (Å²) in [5.41, 5.74) is 1.66. The minimum absolute atomic E-state index is 0.121. The van der Waals surface area contributed by atoms with Crippen LogP contribution in [0.3, 0.4) is 0 Å². The van der Waals surface area contributed by atoms with Gasteiger partial charge in [-0.3, -0.25) is 9.69 Å². The fourth-order valence-corrected chi connectivity index (χ4v) is 4.77. The number of hydrogen-bond acceptors (Lipinski definition) is 4. The van der Waals surface area contributed by atoms with Crippen LogP contribution in [0.25, 0.3) is 10.8 Å². The molecule has 2 aromatic carbocycles. The smallest absolute Gasteiger partial charge is 0.307 e. The number of esters is 1. The standard InChI is InChI=1S/C28H41NO3/c1-6-29(17-16-27(30)31-7-2)20-21-8-9-23-19-26(13-10-22(23)18-21)32-25-14-11-24(12-15-25)28(3,4)5/h8-10,13,18-19,24-25H,6-7,11-12,14-17,20H2,1-5H3. The Kier molecular flexibility index (Phi) is 8.58. The number of hydrogen-bond donors (Lipinski definition) is 0. The van der Waals surface area contributed by atoms with E-state index in [1.807, 2.05) is 6.92 Å². The number of fused-ring (bicyclic) bond motifs is 1. The van der Waals surface area contributed by atoms with Crippen LogP contribution in [0.15, 0.2) is 36.4 Å². The van der Waals surface area contributed by atoms with Crippen molar-refractivity contribution in [2.75, 3.05) is 19.7 Å². The van der Waals surface area contributed by atoms with Gasteiger partial charge in [-0.25, -0.2) is 0 Å². The van der Waals surface area contributed by atoms with Gasteiger partial charge in [0.15, 0.2) is 0 Å². The lowest BCUT2D eigenvalue weighted by atomic mass is 9.72. The van der Waals surface area contributed by atoms with Crippen LogP contribution >= 0.6 is 0 Å². The maximum atomic E-state index is 11.7. The number of carbonyl (C=O) groups is 1. The first-order chi connectivity index (χ1) is 15.3. The highest BCUT2D eigenvalue weighted by Gasteiger charge is 2.30. The fourth-order valence-electron chi connectivity index (χ4n) is 4.77. The summed E-state index contributed by atoms with van der Waals surface area (Å²) >= 11 is 0. The Morgan fingerprint density at radius 2 is 1.69 bits per heavy atom. The summed E-state index contributed by atoms with van der Waals surface area (Å²) in [6.07, 6.45) is 5.59. The zero-order chi connectivity index (χ0) is 23.1. The molecule has 0 aromatic heterocycles. The molecule has 3 rings (SSSR count). The molecule has 0 bridgehead atoms. The van der Waals surface area contributed by atoms with Crippen molar-refractivity contribution >= 4 is 16.7 Å². The first-order valence-corrected chi connectivity index (χ1v) is 12.4. The average Bonchev–Trinajstić information content (AvgIpc) is 2.76. The van der Waals surface area contributed by atoms with Crippen molar-refractivity contribution in [2.45, 2.75) is 79.4 Å². The van der Waals surface area contributed by atoms with Gasteiger partial charge in [-0.2, -0.15) is 0 Å². The SMILES string of the molecule is CCOC(=O)CCN(CC)Cc1ccc2cc(OC3CCC(C(C)(C)C)CC3)ccc2c1. The lowest BCUT2D eigenvalue weighted by Gasteiger charge is -2.37. The molecule has 0 amide bonds. The van der Waals surface area contributed by atoms with Gasteiger partial charge >= 0.3 is 5.97 Å². The first kappa shape index (κ1) is 24.6. The number of benzene rings is 2. The second-order valence-electron chi connectivity index (χ2n) is 10.2. The van der Waals surface area contributed by atoms with Crippen molar-refractivity contribution in [1.29, 1.82) is 0 Å². The van der Waals surface area contributed by atoms with Crippen LogP contribution in [0.4, 0.5) is 0 Å². The quantitative estimate of drug-likeness (QED) is 0.413. The predicted molar refractivity (Wildman–Crippen MR) is 132 cm³/mol. The molecule has 0 N–H and O–H groups in total. The van der Waals surface area contributed by atoms with Crippen molar-refractivity contribution in [1.82, 2.24) is 4.90 Å². The van der Waals surface area contributed by atoms with Gasteiger partial charge < -0.3 is 9.47 Å². The number of ether oxygens (including phenoxy) is 2. The van der Waals surface area contributed by atoms with Gasteiger partial charge in [-0.1, -0.05) is 45.9 Å². The maximum absolute atomic E-state index is 11.7. The van der Waals surface area contributed by atoms with Gasteiger partial charge in [0, 0.05) is 13.1 Å². The second kappa shape index (κ2) is 11.2. The summed E-state index contributed by atoms with van der Waals surface area (Å²) in [7, 11) is 0. The third-order valence-electron chi connectivity index (χ3n) is 6.87. The maximum Gasteiger partial charge on any atom is 0.307 e. The number of rotatable bonds is 9. The van der Waals surface area contributed by atoms with Gasteiger partial charge in [0.25, 0.3) is 0 Å². The van der Waals surface area contributed by atoms with Crippen molar-refractivity contribution in [3.63, 3.8) is 0 Å². The number of nitrogens with zero attached hydrogens (tertiary/aromatic N) is 1. The molecule has 4 nitrogen and oxygen atoms in total. The molecular weight excluding hydrogens is 398 g/mol. The van der Waals surface area contributed by atoms with Crippen LogP contribution in [0, 0.1) is 11.3 Å². The molecule has 1 aliphatic carbocycles. The van der Waals surface area contributed by atoms with E-state index in [0.29, 0.717) is 24.5 Å². The number of carbonyl (C=O) groups excluding carboxylic acids is 1. The topological polar surface area (TPSA) is 38.8 Å². The molecule has 2 aromatic rings. The summed E-state index contributed by atoms with van der Waals surface area (Å²) in [5.74, 6) is 1.66. The summed E-state index contributed by atoms with van der Waals surface area (Å²) in [5, 5.41) is 2.44. The van der Waals surface area contributed by atoms with Gasteiger partial charge in [-0.15, -0.1) is 0 Å². The molecule has 0 radical (unpaired) electrons. The zero-order valence-corrected chi connectivity index (χ0v) is 20.7. The third-order valence-corrected chi connectivity index (χ3v) is 6.87. The summed E-state index contributed by atoms with van der Waals surface area (Å²) in [6, 6.07) is 13.1. The van der Waals surface area contributed by atoms with Crippen LogP contribution in [-0.2, 0) is 16.1 Å². The highest BCUT2D eigenvalue weighted by molar-refractivity contribution is 5.84. The molecule has 176 valence electrons. The summed E-state index contributed by atoms with van der Waals surface area (Å²) in [6.45, 7) is 14.0. The minimum Gasteiger partial charge on any atom is -0.490 e. The van der Waals surface area contributed by atoms with Gasteiger partial charge in [0.1, 0.15) is 5.75 Å². The Hall–Kier alpha value is -2.07. The summed E-state index contributed by atoms with van der Waals surface area (Å²) < 4.78 is 11.4. The molecule has 0 saturated heterocycles. The minimum atomic E-state index is -0.121. The molecule has 0 heterocycles. The molecule has 1 saturated carbocycles. The van der Waals surface area contributed by atoms with E-state index in [2.05, 4.69) is 69.0 Å². The molecule has 0 unspecified atom stereocenters. The average molecular weight is 440 g/mol. The van der Waals surface area contributed by atoms with Crippen LogP contribution in [0.1, 0.15) is 72.3 Å². The molecule has 1 aliphatic rings. The zero-order valence-electron chi connectivity index (χ0n) is 20.7. The van der Waals surface area contributed by atoms with E-state index in [1.54, 1.807) is 0 Å². The lowest BCUT2D eigenvalue weighted by molar-refractivity contribution is -0.143. The van der Waals surface area contributed by atoms with E-state index in [4.69, 9.17) is 9.47 Å². The van der Waals surface area contributed by atoms with E-state index >= 15 is 0 Å². The lowest BCUT2D eigenvalue weighted by Crippen LogP contribution is -2.30. The van der Waals surface area contributed by atoms with Gasteiger partial charge in [-0.05, 0) is 85.0 Å². The largest absolute Gasteiger partial charge is 0.490 e. The van der Waals surface area contributed by atoms with Crippen molar-refractivity contribution < 1.29 is 14.3 Å². The van der Waals surface area contributed by atoms with E-state index in [0.717, 1.165) is 44.1 Å². The third kappa shape index (κ3) is 6.96. The molecule has 0 spiro atoms. The van der Waals surface area contributed by atoms with E-state index in [1.165, 1.54) is 29.2 Å². The predicted octanol–water partition coefficient (Wildman–Crippen LogP) is 6.60.